The Labute approximate surface area is 115 Å². The zero-order valence-corrected chi connectivity index (χ0v) is 12.4. The summed E-state index contributed by atoms with van der Waals surface area (Å²) in [6.07, 6.45) is 0. The third-order valence-corrected chi connectivity index (χ3v) is 3.92. The van der Waals surface area contributed by atoms with Gasteiger partial charge in [-0.05, 0) is 41.3 Å². The average Bonchev–Trinajstić information content (AvgIpc) is 2.65. The molecule has 0 radical (unpaired) electrons. The van der Waals surface area contributed by atoms with Gasteiger partial charge in [-0.15, -0.1) is 0 Å². The Morgan fingerprint density at radius 2 is 1.50 bits per heavy atom. The van der Waals surface area contributed by atoms with E-state index in [2.05, 4.69) is 78.1 Å². The van der Waals surface area contributed by atoms with Crippen molar-refractivity contribution in [2.24, 2.45) is 0 Å². The summed E-state index contributed by atoms with van der Waals surface area (Å²) in [6, 6.07) is 13.1. The topological polar surface area (TPSA) is 15.8 Å². The Kier molecular flexibility index (Phi) is 2.53. The highest BCUT2D eigenvalue weighted by Crippen LogP contribution is 2.31. The first kappa shape index (κ1) is 11.8. The maximum atomic E-state index is 3.55. The number of hydrogen-bond acceptors (Lipinski definition) is 0. The highest BCUT2D eigenvalue weighted by Gasteiger charge is 2.15. The Bertz CT molecular complexity index is 732. The Morgan fingerprint density at radius 3 is 2.17 bits per heavy atom. The lowest BCUT2D eigenvalue weighted by Gasteiger charge is -2.18. The van der Waals surface area contributed by atoms with Crippen molar-refractivity contribution in [2.75, 3.05) is 0 Å². The molecule has 0 aliphatic carbocycles. The second-order valence-corrected chi connectivity index (χ2v) is 6.74. The van der Waals surface area contributed by atoms with Gasteiger partial charge < -0.3 is 4.98 Å². The van der Waals surface area contributed by atoms with Crippen LogP contribution in [0.2, 0.25) is 0 Å². The molecule has 0 fully saturated rings. The van der Waals surface area contributed by atoms with Gasteiger partial charge >= 0.3 is 0 Å². The van der Waals surface area contributed by atoms with Gasteiger partial charge in [0.1, 0.15) is 0 Å². The molecule has 0 spiro atoms. The third-order valence-electron chi connectivity index (χ3n) is 3.43. The molecule has 2 heteroatoms. The number of aromatic nitrogens is 1. The van der Waals surface area contributed by atoms with E-state index in [0.717, 1.165) is 4.47 Å². The molecule has 2 aromatic carbocycles. The van der Waals surface area contributed by atoms with E-state index in [0.29, 0.717) is 0 Å². The van der Waals surface area contributed by atoms with Crippen LogP contribution in [0.15, 0.2) is 40.9 Å². The molecule has 1 N–H and O–H groups in total. The molecule has 0 bridgehead atoms. The predicted molar refractivity (Wildman–Crippen MR) is 82.2 cm³/mol. The number of hydrogen-bond donors (Lipinski definition) is 1. The maximum Gasteiger partial charge on any atom is 0.0465 e. The van der Waals surface area contributed by atoms with E-state index in [-0.39, 0.29) is 5.41 Å². The molecule has 1 heterocycles. The second-order valence-electron chi connectivity index (χ2n) is 5.83. The summed E-state index contributed by atoms with van der Waals surface area (Å²) >= 11 is 3.55. The Balaban J connectivity index is 2.38. The summed E-state index contributed by atoms with van der Waals surface area (Å²) in [5, 5.41) is 2.59. The van der Waals surface area contributed by atoms with Crippen molar-refractivity contribution in [3.63, 3.8) is 0 Å². The van der Waals surface area contributed by atoms with E-state index in [4.69, 9.17) is 0 Å². The van der Waals surface area contributed by atoms with Crippen molar-refractivity contribution in [2.45, 2.75) is 26.2 Å². The van der Waals surface area contributed by atoms with Crippen LogP contribution < -0.4 is 0 Å². The molecule has 0 atom stereocenters. The summed E-state index contributed by atoms with van der Waals surface area (Å²) in [4.78, 5) is 3.46. The van der Waals surface area contributed by atoms with E-state index in [1.54, 1.807) is 0 Å². The minimum absolute atomic E-state index is 0.184. The van der Waals surface area contributed by atoms with Gasteiger partial charge in [-0.3, -0.25) is 0 Å². The largest absolute Gasteiger partial charge is 0.355 e. The standard InChI is InChI=1S/C16H16BrN/c1-16(2,3)10-4-6-14-12(8-10)13-9-11(17)5-7-15(13)18-14/h4-9,18H,1-3H3. The molecule has 1 aromatic heterocycles. The highest BCUT2D eigenvalue weighted by atomic mass is 79.9. The van der Waals surface area contributed by atoms with Crippen molar-refractivity contribution in [3.05, 3.63) is 46.4 Å². The first-order valence-electron chi connectivity index (χ1n) is 6.17. The Morgan fingerprint density at radius 1 is 0.889 bits per heavy atom. The molecule has 0 aliphatic heterocycles. The summed E-state index contributed by atoms with van der Waals surface area (Å²) in [6.45, 7) is 6.75. The lowest BCUT2D eigenvalue weighted by molar-refractivity contribution is 0.591. The quantitative estimate of drug-likeness (QED) is 0.574. The molecule has 1 nitrogen and oxygen atoms in total. The number of aromatic amines is 1. The number of rotatable bonds is 0. The molecule has 0 unspecified atom stereocenters. The Hall–Kier alpha value is -1.28. The van der Waals surface area contributed by atoms with Gasteiger partial charge in [0.2, 0.25) is 0 Å². The molecule has 0 aliphatic rings. The molecule has 92 valence electrons. The van der Waals surface area contributed by atoms with E-state index >= 15 is 0 Å². The van der Waals surface area contributed by atoms with Crippen LogP contribution in [0.5, 0.6) is 0 Å². The van der Waals surface area contributed by atoms with E-state index in [9.17, 15) is 0 Å². The molecule has 0 saturated heterocycles. The fourth-order valence-corrected chi connectivity index (χ4v) is 2.70. The fourth-order valence-electron chi connectivity index (χ4n) is 2.34. The summed E-state index contributed by atoms with van der Waals surface area (Å²) < 4.78 is 1.12. The zero-order valence-electron chi connectivity index (χ0n) is 10.8. The van der Waals surface area contributed by atoms with Gasteiger partial charge in [0.25, 0.3) is 0 Å². The summed E-state index contributed by atoms with van der Waals surface area (Å²) in [5.74, 6) is 0. The first-order chi connectivity index (χ1) is 8.45. The van der Waals surface area contributed by atoms with E-state index in [1.807, 2.05) is 0 Å². The monoisotopic (exact) mass is 301 g/mol. The zero-order chi connectivity index (χ0) is 12.9. The van der Waals surface area contributed by atoms with Crippen molar-refractivity contribution in [1.82, 2.24) is 4.98 Å². The number of fused-ring (bicyclic) bond motifs is 3. The van der Waals surface area contributed by atoms with Gasteiger partial charge in [-0.2, -0.15) is 0 Å². The molecule has 3 rings (SSSR count). The van der Waals surface area contributed by atoms with E-state index < -0.39 is 0 Å². The summed E-state index contributed by atoms with van der Waals surface area (Å²) in [7, 11) is 0. The minimum Gasteiger partial charge on any atom is -0.355 e. The lowest BCUT2D eigenvalue weighted by atomic mass is 9.86. The number of halogens is 1. The normalized spacial score (nSPS) is 12.4. The van der Waals surface area contributed by atoms with Gasteiger partial charge in [0, 0.05) is 26.3 Å². The molecule has 0 saturated carbocycles. The van der Waals surface area contributed by atoms with Crippen LogP contribution in [-0.4, -0.2) is 4.98 Å². The van der Waals surface area contributed by atoms with Crippen molar-refractivity contribution in [1.29, 1.82) is 0 Å². The molecule has 3 aromatic rings. The molecular weight excluding hydrogens is 286 g/mol. The van der Waals surface area contributed by atoms with Crippen LogP contribution in [0.1, 0.15) is 26.3 Å². The van der Waals surface area contributed by atoms with Crippen LogP contribution in [0, 0.1) is 0 Å². The van der Waals surface area contributed by atoms with Crippen LogP contribution in [0.4, 0.5) is 0 Å². The predicted octanol–water partition coefficient (Wildman–Crippen LogP) is 5.38. The number of H-pyrrole nitrogens is 1. The fraction of sp³-hybridized carbons (Fsp3) is 0.250. The highest BCUT2D eigenvalue weighted by molar-refractivity contribution is 9.10. The third kappa shape index (κ3) is 1.85. The smallest absolute Gasteiger partial charge is 0.0465 e. The molecular formula is C16H16BrN. The van der Waals surface area contributed by atoms with Gasteiger partial charge in [-0.25, -0.2) is 0 Å². The van der Waals surface area contributed by atoms with Gasteiger partial charge in [0.05, 0.1) is 0 Å². The molecule has 0 amide bonds. The van der Waals surface area contributed by atoms with Crippen LogP contribution in [0.25, 0.3) is 21.8 Å². The van der Waals surface area contributed by atoms with Crippen LogP contribution >= 0.6 is 15.9 Å². The van der Waals surface area contributed by atoms with Crippen molar-refractivity contribution >= 4 is 37.7 Å². The van der Waals surface area contributed by atoms with Crippen molar-refractivity contribution in [3.8, 4) is 0 Å². The number of nitrogens with one attached hydrogen (secondary N) is 1. The average molecular weight is 302 g/mol. The van der Waals surface area contributed by atoms with E-state index in [1.165, 1.54) is 27.4 Å². The number of benzene rings is 2. The maximum absolute atomic E-state index is 3.55. The second kappa shape index (κ2) is 3.86. The van der Waals surface area contributed by atoms with Crippen molar-refractivity contribution < 1.29 is 0 Å². The first-order valence-corrected chi connectivity index (χ1v) is 6.96. The van der Waals surface area contributed by atoms with Crippen LogP contribution in [-0.2, 0) is 5.41 Å². The van der Waals surface area contributed by atoms with Gasteiger partial charge in [-0.1, -0.05) is 42.8 Å². The van der Waals surface area contributed by atoms with Gasteiger partial charge in [0.15, 0.2) is 0 Å². The molecule has 18 heavy (non-hydrogen) atoms. The SMILES string of the molecule is CC(C)(C)c1ccc2[nH]c3ccc(Br)cc3c2c1. The minimum atomic E-state index is 0.184. The van der Waals surface area contributed by atoms with Crippen LogP contribution in [0.3, 0.4) is 0 Å². The lowest BCUT2D eigenvalue weighted by Crippen LogP contribution is -2.10. The summed E-state index contributed by atoms with van der Waals surface area (Å²) in [5.41, 5.74) is 3.95.